The van der Waals surface area contributed by atoms with Gasteiger partial charge in [0.25, 0.3) is 0 Å². The van der Waals surface area contributed by atoms with Crippen molar-refractivity contribution in [1.82, 2.24) is 4.98 Å². The predicted molar refractivity (Wildman–Crippen MR) is 130 cm³/mol. The molecule has 3 heteroatoms. The third-order valence-electron chi connectivity index (χ3n) is 5.50. The molecule has 1 aromatic heterocycles. The molecule has 0 bridgehead atoms. The molecule has 2 nitrogen and oxygen atoms in total. The van der Waals surface area contributed by atoms with Crippen LogP contribution in [0.4, 0.5) is 17.1 Å². The molecule has 0 saturated carbocycles. The van der Waals surface area contributed by atoms with Crippen LogP contribution in [-0.2, 0) is 12.8 Å². The number of pyridine rings is 1. The number of hydrogen-bond acceptors (Lipinski definition) is 2. The molecule has 3 rings (SSSR count). The molecule has 0 fully saturated rings. The lowest BCUT2D eigenvalue weighted by Crippen LogP contribution is -2.10. The first-order chi connectivity index (χ1) is 14.7. The number of rotatable bonds is 11. The quantitative estimate of drug-likeness (QED) is 0.228. The Hall–Kier alpha value is -2.32. The highest BCUT2D eigenvalue weighted by Crippen LogP contribution is 2.34. The summed E-state index contributed by atoms with van der Waals surface area (Å²) in [6.45, 7) is 4.49. The first-order valence-electron chi connectivity index (χ1n) is 11.3. The monoisotopic (exact) mass is 420 g/mol. The van der Waals surface area contributed by atoms with Crippen LogP contribution in [0.5, 0.6) is 0 Å². The average Bonchev–Trinajstić information content (AvgIpc) is 2.78. The van der Waals surface area contributed by atoms with E-state index in [0.717, 1.165) is 29.9 Å². The molecular formula is C27H33ClN2. The van der Waals surface area contributed by atoms with Gasteiger partial charge in [-0.2, -0.15) is 0 Å². The van der Waals surface area contributed by atoms with Gasteiger partial charge in [-0.3, -0.25) is 0 Å². The van der Waals surface area contributed by atoms with Crippen molar-refractivity contribution >= 4 is 28.7 Å². The van der Waals surface area contributed by atoms with E-state index in [0.29, 0.717) is 5.15 Å². The van der Waals surface area contributed by atoms with Gasteiger partial charge < -0.3 is 4.90 Å². The standard InChI is InChI=1S/C27H33ClN2/c1-3-5-7-9-22-11-15-24(16-12-22)30(26-19-20-27(28)29-21-26)25-17-13-23(14-18-25)10-8-6-4-2/h11-21H,3-10H2,1-2H3. The van der Waals surface area contributed by atoms with Gasteiger partial charge >= 0.3 is 0 Å². The fraction of sp³-hybridized carbons (Fsp3) is 0.370. The zero-order valence-corrected chi connectivity index (χ0v) is 19.0. The van der Waals surface area contributed by atoms with Gasteiger partial charge in [0.1, 0.15) is 5.15 Å². The molecule has 0 N–H and O–H groups in total. The summed E-state index contributed by atoms with van der Waals surface area (Å²) < 4.78 is 0. The van der Waals surface area contributed by atoms with Crippen LogP contribution >= 0.6 is 11.6 Å². The summed E-state index contributed by atoms with van der Waals surface area (Å²) in [5, 5.41) is 0.510. The summed E-state index contributed by atoms with van der Waals surface area (Å²) in [5.41, 5.74) is 6.08. The van der Waals surface area contributed by atoms with E-state index in [-0.39, 0.29) is 0 Å². The number of hydrogen-bond donors (Lipinski definition) is 0. The molecule has 0 amide bonds. The van der Waals surface area contributed by atoms with Crippen LogP contribution in [0, 0.1) is 0 Å². The van der Waals surface area contributed by atoms with E-state index in [1.807, 2.05) is 18.3 Å². The molecule has 0 aliphatic heterocycles. The van der Waals surface area contributed by atoms with Gasteiger partial charge in [-0.25, -0.2) is 4.98 Å². The van der Waals surface area contributed by atoms with E-state index in [4.69, 9.17) is 11.6 Å². The number of anilines is 3. The Bertz CT molecular complexity index is 817. The number of nitrogens with zero attached hydrogens (tertiary/aromatic N) is 2. The minimum absolute atomic E-state index is 0.510. The summed E-state index contributed by atoms with van der Waals surface area (Å²) in [6.07, 6.45) is 11.7. The number of halogens is 1. The zero-order chi connectivity index (χ0) is 21.2. The van der Waals surface area contributed by atoms with Gasteiger partial charge in [-0.15, -0.1) is 0 Å². The van der Waals surface area contributed by atoms with Gasteiger partial charge in [0, 0.05) is 11.4 Å². The maximum atomic E-state index is 6.04. The van der Waals surface area contributed by atoms with Gasteiger partial charge in [-0.05, 0) is 73.2 Å². The first-order valence-corrected chi connectivity index (χ1v) is 11.7. The van der Waals surface area contributed by atoms with Crippen molar-refractivity contribution in [2.24, 2.45) is 0 Å². The van der Waals surface area contributed by atoms with Crippen LogP contribution in [0.1, 0.15) is 63.5 Å². The van der Waals surface area contributed by atoms with E-state index in [2.05, 4.69) is 72.3 Å². The van der Waals surface area contributed by atoms with Gasteiger partial charge in [0.15, 0.2) is 0 Å². The Balaban J connectivity index is 1.85. The third kappa shape index (κ3) is 6.34. The van der Waals surface area contributed by atoms with Crippen molar-refractivity contribution in [3.8, 4) is 0 Å². The minimum atomic E-state index is 0.510. The highest BCUT2D eigenvalue weighted by Gasteiger charge is 2.13. The molecule has 158 valence electrons. The molecule has 3 aromatic rings. The summed E-state index contributed by atoms with van der Waals surface area (Å²) in [6, 6.07) is 21.7. The highest BCUT2D eigenvalue weighted by molar-refractivity contribution is 6.29. The smallest absolute Gasteiger partial charge is 0.129 e. The summed E-state index contributed by atoms with van der Waals surface area (Å²) in [7, 11) is 0. The van der Waals surface area contributed by atoms with Crippen LogP contribution < -0.4 is 4.90 Å². The van der Waals surface area contributed by atoms with E-state index in [1.165, 1.54) is 49.7 Å². The topological polar surface area (TPSA) is 16.1 Å². The Morgan fingerprint density at radius 1 is 0.633 bits per heavy atom. The lowest BCUT2D eigenvalue weighted by Gasteiger charge is -2.25. The fourth-order valence-corrected chi connectivity index (χ4v) is 3.84. The molecule has 0 aliphatic rings. The second-order valence-electron chi connectivity index (χ2n) is 7.92. The summed E-state index contributed by atoms with van der Waals surface area (Å²) in [5.74, 6) is 0. The Morgan fingerprint density at radius 3 is 1.50 bits per heavy atom. The summed E-state index contributed by atoms with van der Waals surface area (Å²) >= 11 is 6.04. The largest absolute Gasteiger partial charge is 0.309 e. The SMILES string of the molecule is CCCCCc1ccc(N(c2ccc(CCCCC)cc2)c2ccc(Cl)nc2)cc1. The van der Waals surface area contributed by atoms with Gasteiger partial charge in [0.2, 0.25) is 0 Å². The lowest BCUT2D eigenvalue weighted by molar-refractivity contribution is 0.717. The molecule has 1 heterocycles. The maximum absolute atomic E-state index is 6.04. The molecular weight excluding hydrogens is 388 g/mol. The molecule has 0 radical (unpaired) electrons. The minimum Gasteiger partial charge on any atom is -0.309 e. The van der Waals surface area contributed by atoms with Crippen LogP contribution in [0.25, 0.3) is 0 Å². The van der Waals surface area contributed by atoms with Crippen molar-refractivity contribution in [3.63, 3.8) is 0 Å². The van der Waals surface area contributed by atoms with Crippen molar-refractivity contribution in [2.75, 3.05) is 4.90 Å². The van der Waals surface area contributed by atoms with E-state index in [1.54, 1.807) is 0 Å². The second kappa shape index (κ2) is 11.8. The average molecular weight is 421 g/mol. The van der Waals surface area contributed by atoms with Crippen LogP contribution in [0.2, 0.25) is 5.15 Å². The number of aromatic nitrogens is 1. The molecule has 2 aromatic carbocycles. The fourth-order valence-electron chi connectivity index (χ4n) is 3.73. The summed E-state index contributed by atoms with van der Waals surface area (Å²) in [4.78, 5) is 6.55. The van der Waals surface area contributed by atoms with Crippen LogP contribution in [0.3, 0.4) is 0 Å². The molecule has 30 heavy (non-hydrogen) atoms. The first kappa shape index (κ1) is 22.4. The second-order valence-corrected chi connectivity index (χ2v) is 8.31. The van der Waals surface area contributed by atoms with Crippen molar-refractivity contribution in [3.05, 3.63) is 83.1 Å². The predicted octanol–water partition coefficient (Wildman–Crippen LogP) is 8.67. The molecule has 0 atom stereocenters. The maximum Gasteiger partial charge on any atom is 0.129 e. The van der Waals surface area contributed by atoms with Gasteiger partial charge in [-0.1, -0.05) is 75.4 Å². The Labute approximate surface area is 186 Å². The number of benzene rings is 2. The van der Waals surface area contributed by atoms with E-state index in [9.17, 15) is 0 Å². The Kier molecular flexibility index (Phi) is 8.77. The molecule has 0 spiro atoms. The highest BCUT2D eigenvalue weighted by atomic mass is 35.5. The lowest BCUT2D eigenvalue weighted by atomic mass is 10.1. The Morgan fingerprint density at radius 2 is 1.10 bits per heavy atom. The van der Waals surface area contributed by atoms with E-state index < -0.39 is 0 Å². The van der Waals surface area contributed by atoms with Crippen molar-refractivity contribution < 1.29 is 0 Å². The normalized spacial score (nSPS) is 10.9. The van der Waals surface area contributed by atoms with Gasteiger partial charge in [0.05, 0.1) is 11.9 Å². The third-order valence-corrected chi connectivity index (χ3v) is 5.72. The number of aryl methyl sites for hydroxylation is 2. The van der Waals surface area contributed by atoms with Crippen molar-refractivity contribution in [1.29, 1.82) is 0 Å². The zero-order valence-electron chi connectivity index (χ0n) is 18.3. The molecule has 0 aliphatic carbocycles. The van der Waals surface area contributed by atoms with Crippen LogP contribution in [0.15, 0.2) is 66.9 Å². The van der Waals surface area contributed by atoms with Crippen LogP contribution in [-0.4, -0.2) is 4.98 Å². The van der Waals surface area contributed by atoms with Crippen molar-refractivity contribution in [2.45, 2.75) is 65.2 Å². The molecule has 0 saturated heterocycles. The van der Waals surface area contributed by atoms with E-state index >= 15 is 0 Å². The molecule has 0 unspecified atom stereocenters. The number of unbranched alkanes of at least 4 members (excludes halogenated alkanes) is 4.